The van der Waals surface area contributed by atoms with Crippen molar-refractivity contribution in [2.75, 3.05) is 12.4 Å². The van der Waals surface area contributed by atoms with Gasteiger partial charge in [-0.2, -0.15) is 0 Å². The SMILES string of the molecule is CC(C)(CN)CCl.Cl. The Morgan fingerprint density at radius 1 is 1.50 bits per heavy atom. The molecule has 0 aliphatic heterocycles. The van der Waals surface area contributed by atoms with E-state index >= 15 is 0 Å². The van der Waals surface area contributed by atoms with Gasteiger partial charge in [0.2, 0.25) is 0 Å². The first-order valence-electron chi connectivity index (χ1n) is 2.38. The summed E-state index contributed by atoms with van der Waals surface area (Å²) in [6.45, 7) is 4.75. The quantitative estimate of drug-likeness (QED) is 0.607. The van der Waals surface area contributed by atoms with Crippen LogP contribution in [0.5, 0.6) is 0 Å². The fourth-order valence-corrected chi connectivity index (χ4v) is 0.164. The van der Waals surface area contributed by atoms with Crippen LogP contribution in [-0.4, -0.2) is 12.4 Å². The second kappa shape index (κ2) is 4.42. The standard InChI is InChI=1S/C5H12ClN.ClH/c1-5(2,3-6)4-7;/h3-4,7H2,1-2H3;1H. The lowest BCUT2D eigenvalue weighted by Gasteiger charge is -2.16. The molecule has 0 aromatic carbocycles. The molecule has 52 valence electrons. The Morgan fingerprint density at radius 2 is 1.88 bits per heavy atom. The van der Waals surface area contributed by atoms with Gasteiger partial charge in [0.25, 0.3) is 0 Å². The van der Waals surface area contributed by atoms with Crippen molar-refractivity contribution in [1.29, 1.82) is 0 Å². The second-order valence-corrected chi connectivity index (χ2v) is 2.77. The zero-order chi connectivity index (χ0) is 5.91. The maximum absolute atomic E-state index is 5.51. The summed E-state index contributed by atoms with van der Waals surface area (Å²) in [7, 11) is 0. The molecule has 0 aliphatic carbocycles. The fraction of sp³-hybridized carbons (Fsp3) is 1.00. The Bertz CT molecular complexity index is 48.4. The van der Waals surface area contributed by atoms with Crippen LogP contribution in [0.1, 0.15) is 13.8 Å². The lowest BCUT2D eigenvalue weighted by atomic mass is 9.97. The van der Waals surface area contributed by atoms with Crippen molar-refractivity contribution in [3.8, 4) is 0 Å². The molecule has 8 heavy (non-hydrogen) atoms. The van der Waals surface area contributed by atoms with E-state index in [1.165, 1.54) is 0 Å². The van der Waals surface area contributed by atoms with Crippen molar-refractivity contribution < 1.29 is 0 Å². The molecule has 0 saturated carbocycles. The summed E-state index contributed by atoms with van der Waals surface area (Å²) in [5.74, 6) is 0.642. The largest absolute Gasteiger partial charge is 0.330 e. The first kappa shape index (κ1) is 11.4. The Labute approximate surface area is 62.0 Å². The van der Waals surface area contributed by atoms with Gasteiger partial charge in [-0.3, -0.25) is 0 Å². The van der Waals surface area contributed by atoms with E-state index in [4.69, 9.17) is 17.3 Å². The average molecular weight is 158 g/mol. The van der Waals surface area contributed by atoms with Gasteiger partial charge < -0.3 is 5.73 Å². The van der Waals surface area contributed by atoms with Gasteiger partial charge in [-0.25, -0.2) is 0 Å². The summed E-state index contributed by atoms with van der Waals surface area (Å²) in [6, 6.07) is 0. The van der Waals surface area contributed by atoms with Crippen LogP contribution >= 0.6 is 24.0 Å². The molecule has 0 aromatic rings. The molecule has 3 heteroatoms. The summed E-state index contributed by atoms with van der Waals surface area (Å²) in [5, 5.41) is 0. The lowest BCUT2D eigenvalue weighted by Crippen LogP contribution is -2.24. The Hall–Kier alpha value is 0.540. The van der Waals surface area contributed by atoms with Gasteiger partial charge >= 0.3 is 0 Å². The number of halogens is 2. The molecule has 0 unspecified atom stereocenters. The summed E-state index contributed by atoms with van der Waals surface area (Å²) in [5.41, 5.74) is 5.46. The number of hydrogen-bond acceptors (Lipinski definition) is 1. The molecule has 1 nitrogen and oxygen atoms in total. The van der Waals surface area contributed by atoms with Gasteiger partial charge in [0.15, 0.2) is 0 Å². The maximum atomic E-state index is 5.51. The van der Waals surface area contributed by atoms with Crippen molar-refractivity contribution in [2.45, 2.75) is 13.8 Å². The molecule has 0 rings (SSSR count). The lowest BCUT2D eigenvalue weighted by molar-refractivity contribution is 0.435. The van der Waals surface area contributed by atoms with Gasteiger partial charge in [0.05, 0.1) is 0 Å². The van der Waals surface area contributed by atoms with Crippen LogP contribution in [0.15, 0.2) is 0 Å². The van der Waals surface area contributed by atoms with Crippen LogP contribution in [0.25, 0.3) is 0 Å². The van der Waals surface area contributed by atoms with Crippen molar-refractivity contribution in [1.82, 2.24) is 0 Å². The zero-order valence-electron chi connectivity index (χ0n) is 5.28. The molecule has 0 heterocycles. The molecular formula is C5H13Cl2N. The maximum Gasteiger partial charge on any atom is 0.0286 e. The van der Waals surface area contributed by atoms with E-state index in [9.17, 15) is 0 Å². The van der Waals surface area contributed by atoms with E-state index in [0.29, 0.717) is 12.4 Å². The highest BCUT2D eigenvalue weighted by atomic mass is 35.5. The highest BCUT2D eigenvalue weighted by molar-refractivity contribution is 6.18. The van der Waals surface area contributed by atoms with E-state index in [1.54, 1.807) is 0 Å². The third-order valence-electron chi connectivity index (χ3n) is 0.914. The predicted octanol–water partition coefficient (Wildman–Crippen LogP) is 1.63. The molecule has 2 N–H and O–H groups in total. The Morgan fingerprint density at radius 3 is 1.88 bits per heavy atom. The number of alkyl halides is 1. The average Bonchev–Trinajstić information content (AvgIpc) is 1.68. The summed E-state index contributed by atoms with van der Waals surface area (Å²) < 4.78 is 0. The fourth-order valence-electron chi connectivity index (χ4n) is 0.0546. The molecule has 0 aromatic heterocycles. The van der Waals surface area contributed by atoms with Gasteiger partial charge in [-0.05, 0) is 12.0 Å². The van der Waals surface area contributed by atoms with Crippen LogP contribution in [0.2, 0.25) is 0 Å². The molecule has 0 saturated heterocycles. The minimum absolute atomic E-state index is 0. The summed E-state index contributed by atoms with van der Waals surface area (Å²) in [6.07, 6.45) is 0. The van der Waals surface area contributed by atoms with Crippen molar-refractivity contribution in [3.05, 3.63) is 0 Å². The van der Waals surface area contributed by atoms with Gasteiger partial charge in [0, 0.05) is 5.88 Å². The van der Waals surface area contributed by atoms with E-state index in [1.807, 2.05) is 13.8 Å². The van der Waals surface area contributed by atoms with E-state index in [-0.39, 0.29) is 17.8 Å². The van der Waals surface area contributed by atoms with Crippen molar-refractivity contribution in [2.24, 2.45) is 11.1 Å². The predicted molar refractivity (Wildman–Crippen MR) is 40.8 cm³/mol. The summed E-state index contributed by atoms with van der Waals surface area (Å²) in [4.78, 5) is 0. The molecule has 0 radical (unpaired) electrons. The minimum atomic E-state index is 0. The highest BCUT2D eigenvalue weighted by Crippen LogP contribution is 2.13. The summed E-state index contributed by atoms with van der Waals surface area (Å²) >= 11 is 5.51. The molecule has 0 bridgehead atoms. The van der Waals surface area contributed by atoms with Gasteiger partial charge in [-0.1, -0.05) is 13.8 Å². The monoisotopic (exact) mass is 157 g/mol. The van der Waals surface area contributed by atoms with E-state index in [2.05, 4.69) is 0 Å². The molecule has 0 atom stereocenters. The Kier molecular flexibility index (Phi) is 6.27. The normalized spacial score (nSPS) is 10.5. The zero-order valence-corrected chi connectivity index (χ0v) is 6.85. The molecular weight excluding hydrogens is 145 g/mol. The topological polar surface area (TPSA) is 26.0 Å². The highest BCUT2D eigenvalue weighted by Gasteiger charge is 2.11. The van der Waals surface area contributed by atoms with Crippen molar-refractivity contribution >= 4 is 24.0 Å². The van der Waals surface area contributed by atoms with Gasteiger partial charge in [0.1, 0.15) is 0 Å². The second-order valence-electron chi connectivity index (χ2n) is 2.50. The van der Waals surface area contributed by atoms with E-state index in [0.717, 1.165) is 0 Å². The van der Waals surface area contributed by atoms with Crippen LogP contribution < -0.4 is 5.73 Å². The van der Waals surface area contributed by atoms with Crippen LogP contribution in [0, 0.1) is 5.41 Å². The first-order valence-corrected chi connectivity index (χ1v) is 2.92. The minimum Gasteiger partial charge on any atom is -0.330 e. The number of hydrogen-bond donors (Lipinski definition) is 1. The van der Waals surface area contributed by atoms with Gasteiger partial charge in [-0.15, -0.1) is 24.0 Å². The van der Waals surface area contributed by atoms with E-state index < -0.39 is 0 Å². The van der Waals surface area contributed by atoms with Crippen LogP contribution in [0.3, 0.4) is 0 Å². The molecule has 0 amide bonds. The Balaban J connectivity index is 0. The first-order chi connectivity index (χ1) is 3.12. The third kappa shape index (κ3) is 4.69. The van der Waals surface area contributed by atoms with Crippen LogP contribution in [0.4, 0.5) is 0 Å². The van der Waals surface area contributed by atoms with Crippen molar-refractivity contribution in [3.63, 3.8) is 0 Å². The number of nitrogens with two attached hydrogens (primary N) is 1. The van der Waals surface area contributed by atoms with Crippen LogP contribution in [-0.2, 0) is 0 Å². The smallest absolute Gasteiger partial charge is 0.0286 e. The molecule has 0 spiro atoms. The molecule has 0 aliphatic rings. The molecule has 0 fully saturated rings. The third-order valence-corrected chi connectivity index (χ3v) is 1.64. The number of rotatable bonds is 2.